The largest absolute Gasteiger partial charge is 0.324 e. The third-order valence-corrected chi connectivity index (χ3v) is 5.18. The van der Waals surface area contributed by atoms with Gasteiger partial charge in [0.25, 0.3) is 0 Å². The Morgan fingerprint density at radius 1 is 1.22 bits per heavy atom. The number of hydrogen-bond acceptors (Lipinski definition) is 2. The van der Waals surface area contributed by atoms with E-state index in [1.165, 1.54) is 11.6 Å². The van der Waals surface area contributed by atoms with Gasteiger partial charge in [0.2, 0.25) is 5.91 Å². The molecule has 144 valence electrons. The van der Waals surface area contributed by atoms with E-state index in [1.807, 2.05) is 25.1 Å². The van der Waals surface area contributed by atoms with Crippen molar-refractivity contribution in [3.63, 3.8) is 0 Å². The highest BCUT2D eigenvalue weighted by molar-refractivity contribution is 5.94. The second-order valence-corrected chi connectivity index (χ2v) is 7.82. The average Bonchev–Trinajstić information content (AvgIpc) is 3.45. The first-order chi connectivity index (χ1) is 12.9. The molecular formula is C23H29FN2O. The molecule has 0 aliphatic heterocycles. The van der Waals surface area contributed by atoms with Crippen molar-refractivity contribution < 1.29 is 9.18 Å². The fourth-order valence-corrected chi connectivity index (χ4v) is 3.50. The second-order valence-electron chi connectivity index (χ2n) is 7.82. The Bertz CT molecular complexity index is 799. The molecule has 0 atom stereocenters. The average molecular weight is 368 g/mol. The molecule has 0 unspecified atom stereocenters. The van der Waals surface area contributed by atoms with Crippen LogP contribution in [-0.4, -0.2) is 29.9 Å². The summed E-state index contributed by atoms with van der Waals surface area (Å²) in [6.45, 7) is 7.46. The molecule has 1 saturated carbocycles. The highest BCUT2D eigenvalue weighted by Crippen LogP contribution is 2.29. The minimum atomic E-state index is -0.205. The van der Waals surface area contributed by atoms with Crippen LogP contribution >= 0.6 is 0 Å². The molecule has 1 N–H and O–H groups in total. The minimum absolute atomic E-state index is 0.0253. The maximum absolute atomic E-state index is 13.4. The summed E-state index contributed by atoms with van der Waals surface area (Å²) in [5.41, 5.74) is 4.17. The zero-order valence-corrected chi connectivity index (χ0v) is 16.5. The van der Waals surface area contributed by atoms with Crippen LogP contribution in [-0.2, 0) is 11.2 Å². The van der Waals surface area contributed by atoms with Crippen LogP contribution in [0.5, 0.6) is 0 Å². The van der Waals surface area contributed by atoms with Gasteiger partial charge in [-0.2, -0.15) is 0 Å². The van der Waals surface area contributed by atoms with Crippen LogP contribution in [0.25, 0.3) is 0 Å². The lowest BCUT2D eigenvalue weighted by Gasteiger charge is -2.23. The third-order valence-electron chi connectivity index (χ3n) is 5.18. The molecule has 0 radical (unpaired) electrons. The van der Waals surface area contributed by atoms with Crippen molar-refractivity contribution in [2.45, 2.75) is 52.0 Å². The van der Waals surface area contributed by atoms with Crippen LogP contribution in [0.2, 0.25) is 0 Å². The quantitative estimate of drug-likeness (QED) is 0.718. The van der Waals surface area contributed by atoms with Crippen molar-refractivity contribution >= 4 is 11.6 Å². The molecule has 27 heavy (non-hydrogen) atoms. The number of anilines is 1. The number of para-hydroxylation sites is 1. The van der Waals surface area contributed by atoms with Crippen molar-refractivity contribution in [2.75, 3.05) is 18.4 Å². The van der Waals surface area contributed by atoms with Gasteiger partial charge in [-0.3, -0.25) is 9.69 Å². The fourth-order valence-electron chi connectivity index (χ4n) is 3.50. The lowest BCUT2D eigenvalue weighted by atomic mass is 9.98. The second kappa shape index (κ2) is 8.66. The van der Waals surface area contributed by atoms with Gasteiger partial charge in [0.15, 0.2) is 0 Å². The summed E-state index contributed by atoms with van der Waals surface area (Å²) in [5.74, 6) is 0.175. The molecule has 0 spiro atoms. The van der Waals surface area contributed by atoms with Gasteiger partial charge in [-0.15, -0.1) is 0 Å². The Kier molecular flexibility index (Phi) is 6.27. The molecule has 1 amide bonds. The molecule has 1 fully saturated rings. The van der Waals surface area contributed by atoms with Gasteiger partial charge in [0, 0.05) is 18.3 Å². The van der Waals surface area contributed by atoms with Crippen LogP contribution in [0.1, 0.15) is 49.3 Å². The molecule has 0 aromatic heterocycles. The summed E-state index contributed by atoms with van der Waals surface area (Å²) < 4.78 is 13.4. The molecule has 0 saturated heterocycles. The Labute approximate surface area is 161 Å². The predicted molar refractivity (Wildman–Crippen MR) is 109 cm³/mol. The van der Waals surface area contributed by atoms with Crippen LogP contribution in [0, 0.1) is 12.7 Å². The number of hydrogen-bond donors (Lipinski definition) is 1. The summed E-state index contributed by atoms with van der Waals surface area (Å²) in [5, 5.41) is 3.14. The van der Waals surface area contributed by atoms with Crippen LogP contribution in [0.15, 0.2) is 42.5 Å². The fraction of sp³-hybridized carbons (Fsp3) is 0.435. The van der Waals surface area contributed by atoms with Crippen molar-refractivity contribution in [3.05, 3.63) is 65.0 Å². The molecule has 3 nitrogen and oxygen atoms in total. The molecule has 2 aromatic rings. The van der Waals surface area contributed by atoms with E-state index < -0.39 is 0 Å². The zero-order chi connectivity index (χ0) is 19.4. The van der Waals surface area contributed by atoms with Gasteiger partial charge in [0.1, 0.15) is 5.82 Å². The first-order valence-corrected chi connectivity index (χ1v) is 9.82. The molecule has 0 heterocycles. The Morgan fingerprint density at radius 3 is 2.63 bits per heavy atom. The van der Waals surface area contributed by atoms with Crippen LogP contribution in [0.3, 0.4) is 0 Å². The number of carbonyl (C=O) groups excluding carboxylic acids is 1. The highest BCUT2D eigenvalue weighted by Gasteiger charge is 2.30. The van der Waals surface area contributed by atoms with E-state index in [-0.39, 0.29) is 11.7 Å². The monoisotopic (exact) mass is 368 g/mol. The van der Waals surface area contributed by atoms with E-state index in [9.17, 15) is 9.18 Å². The number of nitrogens with zero attached hydrogens (tertiary/aromatic N) is 1. The summed E-state index contributed by atoms with van der Waals surface area (Å²) in [7, 11) is 0. The Hall–Kier alpha value is -2.20. The Morgan fingerprint density at radius 2 is 1.96 bits per heavy atom. The van der Waals surface area contributed by atoms with E-state index in [4.69, 9.17) is 0 Å². The smallest absolute Gasteiger partial charge is 0.238 e. The van der Waals surface area contributed by atoms with Crippen molar-refractivity contribution in [2.24, 2.45) is 0 Å². The van der Waals surface area contributed by atoms with Crippen LogP contribution in [0.4, 0.5) is 10.1 Å². The summed E-state index contributed by atoms with van der Waals surface area (Å²) in [6.07, 6.45) is 3.03. The van der Waals surface area contributed by atoms with Gasteiger partial charge in [0.05, 0.1) is 6.54 Å². The van der Waals surface area contributed by atoms with Crippen LogP contribution < -0.4 is 5.32 Å². The highest BCUT2D eigenvalue weighted by atomic mass is 19.1. The molecule has 1 aliphatic rings. The minimum Gasteiger partial charge on any atom is -0.324 e. The molecule has 4 heteroatoms. The number of rotatable bonds is 8. The van der Waals surface area contributed by atoms with Crippen molar-refractivity contribution in [1.82, 2.24) is 4.90 Å². The van der Waals surface area contributed by atoms with Gasteiger partial charge in [-0.05, 0) is 60.9 Å². The standard InChI is InChI=1S/C23H29FN2O/c1-16(2)21-9-4-6-17(3)23(21)25-22(27)15-26(20-10-11-20)13-12-18-7-5-8-19(24)14-18/h4-9,14,16,20H,10-13,15H2,1-3H3,(H,25,27). The zero-order valence-electron chi connectivity index (χ0n) is 16.5. The number of benzene rings is 2. The Balaban J connectivity index is 1.63. The first kappa shape index (κ1) is 19.6. The van der Waals surface area contributed by atoms with Gasteiger partial charge in [-0.25, -0.2) is 4.39 Å². The lowest BCUT2D eigenvalue weighted by Crippen LogP contribution is -2.36. The summed E-state index contributed by atoms with van der Waals surface area (Å²) in [6, 6.07) is 13.3. The maximum atomic E-state index is 13.4. The number of nitrogens with one attached hydrogen (secondary N) is 1. The molecular weight excluding hydrogens is 339 g/mol. The molecule has 0 bridgehead atoms. The third kappa shape index (κ3) is 5.39. The number of aryl methyl sites for hydroxylation is 1. The van der Waals surface area contributed by atoms with Crippen molar-refractivity contribution in [3.8, 4) is 0 Å². The summed E-state index contributed by atoms with van der Waals surface area (Å²) in [4.78, 5) is 15.0. The maximum Gasteiger partial charge on any atom is 0.238 e. The lowest BCUT2D eigenvalue weighted by molar-refractivity contribution is -0.117. The van der Waals surface area contributed by atoms with E-state index in [1.54, 1.807) is 12.1 Å². The molecule has 1 aliphatic carbocycles. The first-order valence-electron chi connectivity index (χ1n) is 9.82. The van der Waals surface area contributed by atoms with Crippen molar-refractivity contribution in [1.29, 1.82) is 0 Å². The molecule has 3 rings (SSSR count). The van der Waals surface area contributed by atoms with E-state index in [2.05, 4.69) is 30.1 Å². The van der Waals surface area contributed by atoms with Gasteiger partial charge >= 0.3 is 0 Å². The summed E-state index contributed by atoms with van der Waals surface area (Å²) >= 11 is 0. The predicted octanol–water partition coefficient (Wildman–Crippen LogP) is 4.90. The normalized spacial score (nSPS) is 14.0. The number of halogens is 1. The molecule has 2 aromatic carbocycles. The topological polar surface area (TPSA) is 32.3 Å². The van der Waals surface area contributed by atoms with Gasteiger partial charge < -0.3 is 5.32 Å². The SMILES string of the molecule is Cc1cccc(C(C)C)c1NC(=O)CN(CCc1cccc(F)c1)C1CC1. The van der Waals surface area contributed by atoms with E-state index in [0.29, 0.717) is 18.5 Å². The van der Waals surface area contributed by atoms with E-state index >= 15 is 0 Å². The number of carbonyl (C=O) groups is 1. The van der Waals surface area contributed by atoms with E-state index in [0.717, 1.165) is 42.6 Å². The van der Waals surface area contributed by atoms with Gasteiger partial charge in [-0.1, -0.05) is 44.2 Å². The number of amides is 1.